The van der Waals surface area contributed by atoms with Gasteiger partial charge in [0.25, 0.3) is 0 Å². The molecule has 1 aromatic heterocycles. The molecule has 0 radical (unpaired) electrons. The molecule has 132 valence electrons. The third kappa shape index (κ3) is 4.26. The zero-order valence-electron chi connectivity index (χ0n) is 15.0. The van der Waals surface area contributed by atoms with Crippen LogP contribution in [0.3, 0.4) is 0 Å². The number of hydrogen-bond acceptors (Lipinski definition) is 3. The van der Waals surface area contributed by atoms with Crippen molar-refractivity contribution in [2.75, 3.05) is 6.54 Å². The first-order chi connectivity index (χ1) is 12.2. The van der Waals surface area contributed by atoms with Gasteiger partial charge in [0, 0.05) is 19.6 Å². The predicted octanol–water partition coefficient (Wildman–Crippen LogP) is 1.90. The first-order valence-electron chi connectivity index (χ1n) is 8.74. The Labute approximate surface area is 149 Å². The summed E-state index contributed by atoms with van der Waals surface area (Å²) in [6, 6.07) is 9.07. The second-order valence-electron chi connectivity index (χ2n) is 6.41. The van der Waals surface area contributed by atoms with E-state index in [4.69, 9.17) is 0 Å². The summed E-state index contributed by atoms with van der Waals surface area (Å²) >= 11 is 0. The highest BCUT2D eigenvalue weighted by molar-refractivity contribution is 5.80. The van der Waals surface area contributed by atoms with Crippen LogP contribution in [0, 0.1) is 6.92 Å². The van der Waals surface area contributed by atoms with E-state index in [2.05, 4.69) is 56.7 Å². The maximum absolute atomic E-state index is 4.68. The van der Waals surface area contributed by atoms with Crippen LogP contribution in [0.4, 0.5) is 0 Å². The Kier molecular flexibility index (Phi) is 5.48. The molecule has 6 heteroatoms. The number of nitrogens with zero attached hydrogens (tertiary/aromatic N) is 4. The SMILES string of the molecule is C=CCNC(=NCc1nnc(C)n1C)NC1CCc2ccccc2C1. The van der Waals surface area contributed by atoms with Gasteiger partial charge in [-0.1, -0.05) is 30.3 Å². The lowest BCUT2D eigenvalue weighted by atomic mass is 9.88. The molecule has 0 amide bonds. The highest BCUT2D eigenvalue weighted by atomic mass is 15.3. The number of aryl methyl sites for hydroxylation is 2. The third-order valence-corrected chi connectivity index (χ3v) is 4.66. The molecule has 1 aliphatic rings. The van der Waals surface area contributed by atoms with E-state index in [0.717, 1.165) is 36.9 Å². The molecule has 0 saturated carbocycles. The van der Waals surface area contributed by atoms with Gasteiger partial charge in [-0.2, -0.15) is 0 Å². The van der Waals surface area contributed by atoms with Gasteiger partial charge in [-0.05, 0) is 37.3 Å². The summed E-state index contributed by atoms with van der Waals surface area (Å²) in [4.78, 5) is 4.68. The first-order valence-corrected chi connectivity index (χ1v) is 8.74. The topological polar surface area (TPSA) is 67.1 Å². The third-order valence-electron chi connectivity index (χ3n) is 4.66. The number of aromatic nitrogens is 3. The molecule has 2 aromatic rings. The Morgan fingerprint density at radius 3 is 2.88 bits per heavy atom. The average molecular weight is 338 g/mol. The Morgan fingerprint density at radius 1 is 1.36 bits per heavy atom. The van der Waals surface area contributed by atoms with Crippen molar-refractivity contribution in [1.82, 2.24) is 25.4 Å². The number of aliphatic imine (C=N–C) groups is 1. The van der Waals surface area contributed by atoms with E-state index in [1.807, 2.05) is 24.6 Å². The summed E-state index contributed by atoms with van der Waals surface area (Å²) in [5.74, 6) is 2.54. The molecular weight excluding hydrogens is 312 g/mol. The van der Waals surface area contributed by atoms with Crippen LogP contribution < -0.4 is 10.6 Å². The number of hydrogen-bond donors (Lipinski definition) is 2. The van der Waals surface area contributed by atoms with Crippen molar-refractivity contribution in [3.63, 3.8) is 0 Å². The molecule has 0 spiro atoms. The van der Waals surface area contributed by atoms with E-state index in [9.17, 15) is 0 Å². The molecule has 25 heavy (non-hydrogen) atoms. The molecule has 1 unspecified atom stereocenters. The normalized spacial score (nSPS) is 17.0. The first kappa shape index (κ1) is 17.2. The predicted molar refractivity (Wildman–Crippen MR) is 100 cm³/mol. The lowest BCUT2D eigenvalue weighted by Crippen LogP contribution is -2.45. The van der Waals surface area contributed by atoms with Gasteiger partial charge in [-0.3, -0.25) is 0 Å². The van der Waals surface area contributed by atoms with Crippen LogP contribution in [-0.4, -0.2) is 33.3 Å². The quantitative estimate of drug-likeness (QED) is 0.496. The van der Waals surface area contributed by atoms with Gasteiger partial charge in [0.1, 0.15) is 12.4 Å². The van der Waals surface area contributed by atoms with Crippen molar-refractivity contribution >= 4 is 5.96 Å². The highest BCUT2D eigenvalue weighted by Crippen LogP contribution is 2.20. The molecule has 0 saturated heterocycles. The number of fused-ring (bicyclic) bond motifs is 1. The van der Waals surface area contributed by atoms with Gasteiger partial charge in [0.05, 0.1) is 0 Å². The van der Waals surface area contributed by atoms with Crippen LogP contribution in [0.2, 0.25) is 0 Å². The summed E-state index contributed by atoms with van der Waals surface area (Å²) in [5.41, 5.74) is 2.89. The summed E-state index contributed by atoms with van der Waals surface area (Å²) < 4.78 is 1.96. The van der Waals surface area contributed by atoms with Crippen LogP contribution in [0.1, 0.15) is 29.2 Å². The van der Waals surface area contributed by atoms with Gasteiger partial charge in [-0.25, -0.2) is 4.99 Å². The largest absolute Gasteiger partial charge is 0.353 e. The lowest BCUT2D eigenvalue weighted by Gasteiger charge is -2.27. The monoisotopic (exact) mass is 338 g/mol. The van der Waals surface area contributed by atoms with Gasteiger partial charge in [0.2, 0.25) is 0 Å². The summed E-state index contributed by atoms with van der Waals surface area (Å²) in [7, 11) is 1.96. The molecule has 1 aromatic carbocycles. The molecule has 0 aliphatic heterocycles. The molecule has 0 bridgehead atoms. The Morgan fingerprint density at radius 2 is 2.16 bits per heavy atom. The smallest absolute Gasteiger partial charge is 0.192 e. The van der Waals surface area contributed by atoms with Crippen molar-refractivity contribution < 1.29 is 0 Å². The Bertz CT molecular complexity index is 761. The zero-order valence-corrected chi connectivity index (χ0v) is 15.0. The summed E-state index contributed by atoms with van der Waals surface area (Å²) in [6.45, 7) is 6.88. The molecule has 1 atom stereocenters. The van der Waals surface area contributed by atoms with Gasteiger partial charge < -0.3 is 15.2 Å². The van der Waals surface area contributed by atoms with Crippen molar-refractivity contribution in [2.45, 2.75) is 38.8 Å². The van der Waals surface area contributed by atoms with E-state index in [0.29, 0.717) is 19.1 Å². The molecule has 3 rings (SSSR count). The number of guanidine groups is 1. The summed E-state index contributed by atoms with van der Waals surface area (Å²) in [5, 5.41) is 15.1. The van der Waals surface area contributed by atoms with Crippen molar-refractivity contribution in [3.05, 3.63) is 59.7 Å². The molecule has 1 heterocycles. The molecule has 0 fully saturated rings. The number of rotatable bonds is 5. The maximum Gasteiger partial charge on any atom is 0.192 e. The van der Waals surface area contributed by atoms with Crippen molar-refractivity contribution in [2.24, 2.45) is 12.0 Å². The standard InChI is InChI=1S/C19H26N6/c1-4-11-20-19(21-13-18-24-23-14(2)25(18)3)22-17-10-9-15-7-5-6-8-16(15)12-17/h4-8,17H,1,9-13H2,2-3H3,(H2,20,21,22). The van der Waals surface area contributed by atoms with Crippen LogP contribution in [0.25, 0.3) is 0 Å². The molecule has 2 N–H and O–H groups in total. The molecular formula is C19H26N6. The van der Waals surface area contributed by atoms with Gasteiger partial charge >= 0.3 is 0 Å². The average Bonchev–Trinajstić information content (AvgIpc) is 2.96. The Hall–Kier alpha value is -2.63. The Balaban J connectivity index is 1.67. The highest BCUT2D eigenvalue weighted by Gasteiger charge is 2.19. The minimum Gasteiger partial charge on any atom is -0.353 e. The van der Waals surface area contributed by atoms with E-state index in [-0.39, 0.29) is 0 Å². The second-order valence-corrected chi connectivity index (χ2v) is 6.41. The fourth-order valence-electron chi connectivity index (χ4n) is 3.07. The minimum atomic E-state index is 0.382. The van der Waals surface area contributed by atoms with E-state index >= 15 is 0 Å². The molecule has 1 aliphatic carbocycles. The molecule has 6 nitrogen and oxygen atoms in total. The second kappa shape index (κ2) is 7.96. The minimum absolute atomic E-state index is 0.382. The number of nitrogens with one attached hydrogen (secondary N) is 2. The van der Waals surface area contributed by atoms with Gasteiger partial charge in [-0.15, -0.1) is 16.8 Å². The lowest BCUT2D eigenvalue weighted by molar-refractivity contribution is 0.521. The fourth-order valence-corrected chi connectivity index (χ4v) is 3.07. The maximum atomic E-state index is 4.68. The zero-order chi connectivity index (χ0) is 17.6. The van der Waals surface area contributed by atoms with Crippen molar-refractivity contribution in [1.29, 1.82) is 0 Å². The van der Waals surface area contributed by atoms with Crippen LogP contribution >= 0.6 is 0 Å². The van der Waals surface area contributed by atoms with Crippen molar-refractivity contribution in [3.8, 4) is 0 Å². The van der Waals surface area contributed by atoms with Crippen LogP contribution in [0.5, 0.6) is 0 Å². The van der Waals surface area contributed by atoms with E-state index in [1.54, 1.807) is 0 Å². The van der Waals surface area contributed by atoms with Crippen LogP contribution in [0.15, 0.2) is 41.9 Å². The number of benzene rings is 1. The van der Waals surface area contributed by atoms with E-state index < -0.39 is 0 Å². The van der Waals surface area contributed by atoms with E-state index in [1.165, 1.54) is 11.1 Å². The fraction of sp³-hybridized carbons (Fsp3) is 0.421. The van der Waals surface area contributed by atoms with Crippen LogP contribution in [-0.2, 0) is 26.4 Å². The van der Waals surface area contributed by atoms with Gasteiger partial charge in [0.15, 0.2) is 11.8 Å². The summed E-state index contributed by atoms with van der Waals surface area (Å²) in [6.07, 6.45) is 5.06.